The second kappa shape index (κ2) is 13.9. The lowest BCUT2D eigenvalue weighted by atomic mass is 9.95. The van der Waals surface area contributed by atoms with E-state index < -0.39 is 17.2 Å². The Hall–Kier alpha value is -4.71. The minimum Gasteiger partial charge on any atom is -0.456 e. The molecular weight excluding hydrogens is 587 g/mol. The molecule has 4 N–H and O–H groups in total. The maximum atomic E-state index is 13.5. The first kappa shape index (κ1) is 31.7. The lowest BCUT2D eigenvalue weighted by Crippen LogP contribution is -2.42. The van der Waals surface area contributed by atoms with Gasteiger partial charge in [0, 0.05) is 36.6 Å². The van der Waals surface area contributed by atoms with Crippen molar-refractivity contribution in [2.24, 2.45) is 5.92 Å². The maximum Gasteiger partial charge on any atom is 0.335 e. The lowest BCUT2D eigenvalue weighted by Gasteiger charge is -2.20. The molecule has 1 atom stereocenters. The molecule has 0 saturated carbocycles. The fraction of sp³-hybridized carbons (Fsp3) is 0.294. The topological polar surface area (TPSA) is 133 Å². The number of amides is 1. The third kappa shape index (κ3) is 7.34. The number of carbonyl (C=O) groups is 1. The summed E-state index contributed by atoms with van der Waals surface area (Å²) in [5.41, 5.74) is 6.90. The molecule has 0 aliphatic carbocycles. The minimum atomic E-state index is -0.702. The molecule has 5 rings (SSSR count). The van der Waals surface area contributed by atoms with Crippen LogP contribution in [0.15, 0.2) is 70.5 Å². The average molecular weight is 625 g/mol. The van der Waals surface area contributed by atoms with E-state index in [1.165, 1.54) is 10.8 Å². The summed E-state index contributed by atoms with van der Waals surface area (Å²) in [5.74, 6) is 7.69. The zero-order valence-corrected chi connectivity index (χ0v) is 26.7. The van der Waals surface area contributed by atoms with Gasteiger partial charge in [-0.25, -0.2) is 14.3 Å². The first-order chi connectivity index (χ1) is 21.6. The maximum absolute atomic E-state index is 13.5. The number of hydrogen-bond donors (Lipinski definition) is 3. The molecule has 1 aliphatic rings. The summed E-state index contributed by atoms with van der Waals surface area (Å²) in [7, 11) is 2.56. The number of ether oxygens (including phenoxy) is 1. The van der Waals surface area contributed by atoms with Gasteiger partial charge < -0.3 is 21.1 Å². The van der Waals surface area contributed by atoms with E-state index in [0.717, 1.165) is 47.8 Å². The number of aryl methyl sites for hydroxylation is 1. The van der Waals surface area contributed by atoms with Crippen molar-refractivity contribution in [1.82, 2.24) is 19.4 Å². The average Bonchev–Trinajstić information content (AvgIpc) is 3.01. The highest BCUT2D eigenvalue weighted by molar-refractivity contribution is 7.27. The van der Waals surface area contributed by atoms with Crippen LogP contribution in [-0.4, -0.2) is 33.1 Å². The number of nitrogens with zero attached hydrogens (tertiary/aromatic N) is 3. The summed E-state index contributed by atoms with van der Waals surface area (Å²) < 4.78 is 8.62. The van der Waals surface area contributed by atoms with E-state index >= 15 is 0 Å². The molecule has 1 fully saturated rings. The van der Waals surface area contributed by atoms with Crippen LogP contribution in [0.3, 0.4) is 0 Å². The number of pyridine rings is 1. The van der Waals surface area contributed by atoms with Gasteiger partial charge >= 0.3 is 5.69 Å². The zero-order chi connectivity index (χ0) is 32.1. The van der Waals surface area contributed by atoms with Gasteiger partial charge in [0.1, 0.15) is 28.4 Å². The molecule has 45 heavy (non-hydrogen) atoms. The van der Waals surface area contributed by atoms with Crippen LogP contribution >= 0.6 is 9.24 Å². The van der Waals surface area contributed by atoms with Gasteiger partial charge in [0.25, 0.3) is 11.5 Å². The smallest absolute Gasteiger partial charge is 0.335 e. The number of nitrogens with one attached hydrogen (secondary N) is 2. The predicted octanol–water partition coefficient (Wildman–Crippen LogP) is 4.15. The van der Waals surface area contributed by atoms with Crippen LogP contribution in [-0.2, 0) is 0 Å². The Balaban J connectivity index is 1.38. The largest absolute Gasteiger partial charge is 0.456 e. The Bertz CT molecular complexity index is 1900. The van der Waals surface area contributed by atoms with Crippen molar-refractivity contribution in [2.45, 2.75) is 46.1 Å². The number of aromatic nitrogens is 3. The summed E-state index contributed by atoms with van der Waals surface area (Å²) in [5, 5.41) is 7.07. The molecule has 1 saturated heterocycles. The quantitative estimate of drug-likeness (QED) is 0.208. The zero-order valence-electron chi connectivity index (χ0n) is 25.6. The minimum absolute atomic E-state index is 0.156. The van der Waals surface area contributed by atoms with E-state index in [9.17, 15) is 14.4 Å². The van der Waals surface area contributed by atoms with E-state index in [4.69, 9.17) is 10.5 Å². The number of anilines is 2. The van der Waals surface area contributed by atoms with Gasteiger partial charge in [-0.15, -0.1) is 9.24 Å². The molecule has 11 heteroatoms. The molecule has 0 bridgehead atoms. The molecule has 2 aromatic carbocycles. The number of nitrogens with two attached hydrogens (primary N) is 1. The number of benzene rings is 2. The van der Waals surface area contributed by atoms with E-state index in [2.05, 4.69) is 36.7 Å². The van der Waals surface area contributed by atoms with Crippen LogP contribution in [0.1, 0.15) is 60.6 Å². The standard InChI is InChI=1S/C34H37N6O4P/c1-21(2)39-20-28(33(42)40(34(39)43)25-8-10-26(45)11-9-25)32(41)38-24-7-12-29(22(3)19-24)44-30-15-18-37-31(35)27(30)6-4-5-23-13-16-36-17-14-23/h7-12,15,18-21,23,36H,5,13-14,16-17,45H2,1-3H3,(H2,35,37)(H,38,41). The Morgan fingerprint density at radius 2 is 1.87 bits per heavy atom. The van der Waals surface area contributed by atoms with Crippen molar-refractivity contribution in [3.63, 3.8) is 0 Å². The van der Waals surface area contributed by atoms with Crippen molar-refractivity contribution in [3.8, 4) is 29.0 Å². The van der Waals surface area contributed by atoms with E-state index in [0.29, 0.717) is 40.2 Å². The van der Waals surface area contributed by atoms with Crippen molar-refractivity contribution in [1.29, 1.82) is 0 Å². The molecule has 2 aromatic heterocycles. The first-order valence-corrected chi connectivity index (χ1v) is 15.5. The summed E-state index contributed by atoms with van der Waals surface area (Å²) in [4.78, 5) is 44.3. The van der Waals surface area contributed by atoms with Gasteiger partial charge in [0.2, 0.25) is 0 Å². The predicted molar refractivity (Wildman–Crippen MR) is 181 cm³/mol. The monoisotopic (exact) mass is 624 g/mol. The van der Waals surface area contributed by atoms with Crippen molar-refractivity contribution in [3.05, 3.63) is 98.5 Å². The van der Waals surface area contributed by atoms with Crippen LogP contribution in [0.4, 0.5) is 11.5 Å². The highest BCUT2D eigenvalue weighted by atomic mass is 31.0. The Morgan fingerprint density at radius 1 is 1.13 bits per heavy atom. The van der Waals surface area contributed by atoms with Crippen LogP contribution in [0, 0.1) is 24.7 Å². The van der Waals surface area contributed by atoms with E-state index in [1.807, 2.05) is 20.8 Å². The molecule has 1 unspecified atom stereocenters. The molecular formula is C34H37N6O4P. The van der Waals surface area contributed by atoms with Gasteiger partial charge in [0.05, 0.1) is 5.69 Å². The van der Waals surface area contributed by atoms with Crippen molar-refractivity contribution < 1.29 is 9.53 Å². The molecule has 10 nitrogen and oxygen atoms in total. The second-order valence-electron chi connectivity index (χ2n) is 11.4. The molecule has 4 aromatic rings. The number of hydrogen-bond acceptors (Lipinski definition) is 7. The summed E-state index contributed by atoms with van der Waals surface area (Å²) in [6, 6.07) is 13.5. The fourth-order valence-electron chi connectivity index (χ4n) is 5.15. The van der Waals surface area contributed by atoms with Gasteiger partial charge in [-0.05, 0) is 93.8 Å². The van der Waals surface area contributed by atoms with Crippen LogP contribution in [0.25, 0.3) is 5.69 Å². The SMILES string of the molecule is Cc1cc(NC(=O)c2cn(C(C)C)c(=O)n(-c3ccc(P)cc3)c2=O)ccc1Oc1ccnc(N)c1C#CCC1CCNCC1. The normalized spacial score (nSPS) is 13.3. The lowest BCUT2D eigenvalue weighted by molar-refractivity contribution is 0.102. The molecule has 1 amide bonds. The van der Waals surface area contributed by atoms with Crippen LogP contribution in [0.2, 0.25) is 0 Å². The number of rotatable bonds is 7. The van der Waals surface area contributed by atoms with Gasteiger partial charge in [0.15, 0.2) is 0 Å². The third-order valence-electron chi connectivity index (χ3n) is 7.72. The number of piperidine rings is 1. The third-order valence-corrected chi connectivity index (χ3v) is 8.11. The molecule has 1 aliphatic heterocycles. The number of nitrogen functional groups attached to an aromatic ring is 1. The number of carbonyl (C=O) groups excluding carboxylic acids is 1. The summed E-state index contributed by atoms with van der Waals surface area (Å²) >= 11 is 0. The summed E-state index contributed by atoms with van der Waals surface area (Å²) in [6.45, 7) is 7.50. The van der Waals surface area contributed by atoms with Gasteiger partial charge in [-0.3, -0.25) is 14.2 Å². The second-order valence-corrected chi connectivity index (χ2v) is 12.0. The van der Waals surface area contributed by atoms with Crippen molar-refractivity contribution >= 4 is 32.0 Å². The Morgan fingerprint density at radius 3 is 2.56 bits per heavy atom. The summed E-state index contributed by atoms with van der Waals surface area (Å²) in [6.07, 6.45) is 5.88. The fourth-order valence-corrected chi connectivity index (χ4v) is 5.34. The van der Waals surface area contributed by atoms with E-state index in [-0.39, 0.29) is 11.6 Å². The van der Waals surface area contributed by atoms with Crippen LogP contribution in [0.5, 0.6) is 11.5 Å². The van der Waals surface area contributed by atoms with Crippen molar-refractivity contribution in [2.75, 3.05) is 24.1 Å². The molecule has 232 valence electrons. The Kier molecular flexibility index (Phi) is 9.82. The highest BCUT2D eigenvalue weighted by Crippen LogP contribution is 2.31. The molecule has 0 spiro atoms. The molecule has 0 radical (unpaired) electrons. The van der Waals surface area contributed by atoms with Gasteiger partial charge in [-0.2, -0.15) is 0 Å². The Labute approximate surface area is 264 Å². The van der Waals surface area contributed by atoms with E-state index in [1.54, 1.807) is 54.7 Å². The first-order valence-electron chi connectivity index (χ1n) is 14.9. The van der Waals surface area contributed by atoms with Crippen LogP contribution < -0.4 is 37.7 Å². The van der Waals surface area contributed by atoms with Gasteiger partial charge in [-0.1, -0.05) is 24.0 Å². The molecule has 3 heterocycles. The highest BCUT2D eigenvalue weighted by Gasteiger charge is 2.20.